The smallest absolute Gasteiger partial charge is 0.276 e. The van der Waals surface area contributed by atoms with Crippen molar-refractivity contribution in [3.8, 4) is 0 Å². The van der Waals surface area contributed by atoms with Gasteiger partial charge in [0, 0.05) is 19.6 Å². The van der Waals surface area contributed by atoms with Crippen molar-refractivity contribution >= 4 is 10.2 Å². The molecule has 0 aromatic heterocycles. The third-order valence-electron chi connectivity index (χ3n) is 0.771. The van der Waals surface area contributed by atoms with Gasteiger partial charge in [-0.05, 0) is 0 Å². The minimum Gasteiger partial charge on any atom is -0.329 e. The SMILES string of the molecule is CCNS(=O)(=O)NCCN. The predicted octanol–water partition coefficient (Wildman–Crippen LogP) is -1.61. The van der Waals surface area contributed by atoms with Gasteiger partial charge in [0.2, 0.25) is 0 Å². The molecule has 0 saturated carbocycles. The second-order valence-corrected chi connectivity index (χ2v) is 3.27. The molecular formula is C4H13N3O2S. The van der Waals surface area contributed by atoms with Gasteiger partial charge in [-0.2, -0.15) is 8.42 Å². The molecule has 0 heterocycles. The number of nitrogens with one attached hydrogen (secondary N) is 2. The van der Waals surface area contributed by atoms with Crippen molar-refractivity contribution in [1.82, 2.24) is 9.44 Å². The molecule has 62 valence electrons. The summed E-state index contributed by atoms with van der Waals surface area (Å²) in [6, 6.07) is 0. The lowest BCUT2D eigenvalue weighted by Gasteiger charge is -2.03. The molecule has 6 heteroatoms. The van der Waals surface area contributed by atoms with Crippen LogP contribution in [0, 0.1) is 0 Å². The van der Waals surface area contributed by atoms with E-state index in [2.05, 4.69) is 9.44 Å². The van der Waals surface area contributed by atoms with Crippen LogP contribution in [-0.2, 0) is 10.2 Å². The standard InChI is InChI=1S/C4H13N3O2S/c1-2-6-10(8,9)7-4-3-5/h6-7H,2-5H2,1H3. The third-order valence-corrected chi connectivity index (χ3v) is 2.02. The molecule has 5 nitrogen and oxygen atoms in total. The highest BCUT2D eigenvalue weighted by atomic mass is 32.2. The highest BCUT2D eigenvalue weighted by Gasteiger charge is 2.03. The average molecular weight is 167 g/mol. The predicted molar refractivity (Wildman–Crippen MR) is 39.7 cm³/mol. The lowest BCUT2D eigenvalue weighted by atomic mass is 10.7. The first-order chi connectivity index (χ1) is 4.62. The number of nitrogens with two attached hydrogens (primary N) is 1. The van der Waals surface area contributed by atoms with Gasteiger partial charge >= 0.3 is 0 Å². The Balaban J connectivity index is 3.65. The van der Waals surface area contributed by atoms with Gasteiger partial charge in [-0.15, -0.1) is 0 Å². The largest absolute Gasteiger partial charge is 0.329 e. The summed E-state index contributed by atoms with van der Waals surface area (Å²) in [5, 5.41) is 0. The Kier molecular flexibility index (Phi) is 4.54. The van der Waals surface area contributed by atoms with E-state index in [0.717, 1.165) is 0 Å². The Morgan fingerprint density at radius 3 is 2.40 bits per heavy atom. The summed E-state index contributed by atoms with van der Waals surface area (Å²) in [6.07, 6.45) is 0. The van der Waals surface area contributed by atoms with Gasteiger partial charge in [0.1, 0.15) is 0 Å². The minimum absolute atomic E-state index is 0.273. The maximum absolute atomic E-state index is 10.7. The molecule has 0 radical (unpaired) electrons. The molecule has 10 heavy (non-hydrogen) atoms. The van der Waals surface area contributed by atoms with E-state index in [-0.39, 0.29) is 6.54 Å². The molecule has 0 spiro atoms. The monoisotopic (exact) mass is 167 g/mol. The Bertz CT molecular complexity index is 165. The van der Waals surface area contributed by atoms with Gasteiger partial charge < -0.3 is 5.73 Å². The average Bonchev–Trinajstić information content (AvgIpc) is 1.84. The molecule has 0 aromatic rings. The molecular weight excluding hydrogens is 154 g/mol. The van der Waals surface area contributed by atoms with Gasteiger partial charge in [0.25, 0.3) is 10.2 Å². The van der Waals surface area contributed by atoms with Crippen LogP contribution in [0.2, 0.25) is 0 Å². The van der Waals surface area contributed by atoms with Crippen molar-refractivity contribution in [3.63, 3.8) is 0 Å². The first-order valence-electron chi connectivity index (χ1n) is 3.06. The van der Waals surface area contributed by atoms with Crippen LogP contribution < -0.4 is 15.2 Å². The molecule has 4 N–H and O–H groups in total. The van der Waals surface area contributed by atoms with Crippen LogP contribution in [0.1, 0.15) is 6.92 Å². The van der Waals surface area contributed by atoms with Gasteiger partial charge in [0.15, 0.2) is 0 Å². The van der Waals surface area contributed by atoms with Gasteiger partial charge in [-0.1, -0.05) is 6.92 Å². The maximum Gasteiger partial charge on any atom is 0.276 e. The molecule has 0 bridgehead atoms. The Morgan fingerprint density at radius 2 is 2.00 bits per heavy atom. The molecule has 0 amide bonds. The minimum atomic E-state index is -3.27. The van der Waals surface area contributed by atoms with Gasteiger partial charge in [-0.25, -0.2) is 9.44 Å². The third kappa shape index (κ3) is 4.68. The molecule has 0 rings (SSSR count). The molecule has 0 saturated heterocycles. The van der Waals surface area contributed by atoms with Crippen molar-refractivity contribution in [2.24, 2.45) is 5.73 Å². The molecule has 0 unspecified atom stereocenters. The summed E-state index contributed by atoms with van der Waals surface area (Å²) in [7, 11) is -3.27. The van der Waals surface area contributed by atoms with Crippen LogP contribution in [0.3, 0.4) is 0 Å². The molecule has 0 aromatic carbocycles. The summed E-state index contributed by atoms with van der Waals surface area (Å²) >= 11 is 0. The molecule has 0 aliphatic rings. The zero-order valence-corrected chi connectivity index (χ0v) is 6.74. The van der Waals surface area contributed by atoms with Crippen LogP contribution in [0.15, 0.2) is 0 Å². The van der Waals surface area contributed by atoms with E-state index >= 15 is 0 Å². The first-order valence-corrected chi connectivity index (χ1v) is 4.55. The topological polar surface area (TPSA) is 84.2 Å². The molecule has 0 atom stereocenters. The van der Waals surface area contributed by atoms with Crippen LogP contribution in [0.4, 0.5) is 0 Å². The van der Waals surface area contributed by atoms with Crippen LogP contribution in [0.5, 0.6) is 0 Å². The van der Waals surface area contributed by atoms with E-state index in [0.29, 0.717) is 13.1 Å². The Labute approximate surface area is 61.2 Å². The fourth-order valence-electron chi connectivity index (χ4n) is 0.434. The van der Waals surface area contributed by atoms with E-state index in [1.165, 1.54) is 0 Å². The summed E-state index contributed by atoms with van der Waals surface area (Å²) < 4.78 is 25.9. The van der Waals surface area contributed by atoms with Crippen molar-refractivity contribution in [1.29, 1.82) is 0 Å². The van der Waals surface area contributed by atoms with Crippen LogP contribution in [0.25, 0.3) is 0 Å². The molecule has 0 aliphatic carbocycles. The van der Waals surface area contributed by atoms with Crippen LogP contribution in [-0.4, -0.2) is 28.1 Å². The first kappa shape index (κ1) is 9.83. The summed E-state index contributed by atoms with van der Waals surface area (Å²) in [5.74, 6) is 0. The van der Waals surface area contributed by atoms with E-state index < -0.39 is 10.2 Å². The zero-order chi connectivity index (χ0) is 8.04. The van der Waals surface area contributed by atoms with E-state index in [1.807, 2.05) is 0 Å². The highest BCUT2D eigenvalue weighted by Crippen LogP contribution is 1.72. The second kappa shape index (κ2) is 4.62. The molecule has 0 fully saturated rings. The summed E-state index contributed by atoms with van der Waals surface area (Å²) in [5.41, 5.74) is 5.08. The molecule has 0 aliphatic heterocycles. The Hall–Kier alpha value is -0.170. The van der Waals surface area contributed by atoms with Crippen molar-refractivity contribution in [2.45, 2.75) is 6.92 Å². The van der Waals surface area contributed by atoms with Gasteiger partial charge in [-0.3, -0.25) is 0 Å². The summed E-state index contributed by atoms with van der Waals surface area (Å²) in [6.45, 7) is 2.68. The van der Waals surface area contributed by atoms with Gasteiger partial charge in [0.05, 0.1) is 0 Å². The Morgan fingerprint density at radius 1 is 1.40 bits per heavy atom. The van der Waals surface area contributed by atoms with E-state index in [9.17, 15) is 8.42 Å². The number of hydrogen-bond acceptors (Lipinski definition) is 3. The van der Waals surface area contributed by atoms with Crippen molar-refractivity contribution in [3.05, 3.63) is 0 Å². The fourth-order valence-corrected chi connectivity index (χ4v) is 1.30. The zero-order valence-electron chi connectivity index (χ0n) is 5.92. The van der Waals surface area contributed by atoms with Crippen molar-refractivity contribution < 1.29 is 8.42 Å². The van der Waals surface area contributed by atoms with Crippen LogP contribution >= 0.6 is 0 Å². The quantitative estimate of drug-likeness (QED) is 0.460. The second-order valence-electron chi connectivity index (χ2n) is 1.68. The normalized spacial score (nSPS) is 11.8. The summed E-state index contributed by atoms with van der Waals surface area (Å²) in [4.78, 5) is 0. The lowest BCUT2D eigenvalue weighted by Crippen LogP contribution is -2.38. The fraction of sp³-hybridized carbons (Fsp3) is 1.00. The van der Waals surface area contributed by atoms with Crippen molar-refractivity contribution in [2.75, 3.05) is 19.6 Å². The highest BCUT2D eigenvalue weighted by molar-refractivity contribution is 7.87. The van der Waals surface area contributed by atoms with E-state index in [1.54, 1.807) is 6.92 Å². The maximum atomic E-state index is 10.7. The lowest BCUT2D eigenvalue weighted by molar-refractivity contribution is 0.569. The van der Waals surface area contributed by atoms with E-state index in [4.69, 9.17) is 5.73 Å². The number of hydrogen-bond donors (Lipinski definition) is 3. The number of rotatable bonds is 5.